The van der Waals surface area contributed by atoms with Gasteiger partial charge in [-0.15, -0.1) is 0 Å². The second-order valence-electron chi connectivity index (χ2n) is 2.22. The van der Waals surface area contributed by atoms with Crippen molar-refractivity contribution in [3.8, 4) is 0 Å². The van der Waals surface area contributed by atoms with E-state index in [1.807, 2.05) is 0 Å². The zero-order valence-corrected chi connectivity index (χ0v) is 6.67. The van der Waals surface area contributed by atoms with Gasteiger partial charge in [-0.2, -0.15) is 4.94 Å². The maximum absolute atomic E-state index is 10.5. The second kappa shape index (κ2) is 2.89. The van der Waals surface area contributed by atoms with E-state index in [2.05, 4.69) is 10.1 Å². The number of hydrazine groups is 1. The van der Waals surface area contributed by atoms with E-state index >= 15 is 0 Å². The number of nitrogens with two attached hydrogens (primary N) is 1. The minimum atomic E-state index is -3.52. The van der Waals surface area contributed by atoms with Gasteiger partial charge in [0, 0.05) is 0 Å². The van der Waals surface area contributed by atoms with E-state index < -0.39 is 31.7 Å². The van der Waals surface area contributed by atoms with Crippen LogP contribution >= 0.6 is 0 Å². The molecule has 0 bridgehead atoms. The van der Waals surface area contributed by atoms with Crippen LogP contribution in [0.1, 0.15) is 0 Å². The first-order chi connectivity index (χ1) is 6.85. The molecule has 13 nitrogen and oxygen atoms in total. The van der Waals surface area contributed by atoms with E-state index in [4.69, 9.17) is 5.73 Å². The van der Waals surface area contributed by atoms with E-state index in [1.165, 1.54) is 0 Å². The molecule has 0 spiro atoms. The van der Waals surface area contributed by atoms with Gasteiger partial charge in [0.15, 0.2) is 0 Å². The number of amidine groups is 1. The first-order valence-corrected chi connectivity index (χ1v) is 3.09. The molecule has 13 heteroatoms. The van der Waals surface area contributed by atoms with Gasteiger partial charge in [0.25, 0.3) is 0 Å². The van der Waals surface area contributed by atoms with Crippen molar-refractivity contribution in [2.45, 2.75) is 5.79 Å². The van der Waals surface area contributed by atoms with E-state index in [9.17, 15) is 30.3 Å². The van der Waals surface area contributed by atoms with Gasteiger partial charge in [-0.1, -0.05) is 0 Å². The summed E-state index contributed by atoms with van der Waals surface area (Å²) in [7, 11) is 0. The molecule has 0 aromatic carbocycles. The van der Waals surface area contributed by atoms with Gasteiger partial charge < -0.3 is 5.73 Å². The van der Waals surface area contributed by atoms with Crippen LogP contribution in [0.3, 0.4) is 0 Å². The average Bonchev–Trinajstić information content (AvgIpc) is 2.43. The van der Waals surface area contributed by atoms with E-state index in [1.54, 1.807) is 0 Å². The summed E-state index contributed by atoms with van der Waals surface area (Å²) >= 11 is 0. The molecule has 1 heterocycles. The summed E-state index contributed by atoms with van der Waals surface area (Å²) in [5, 5.41) is 31.6. The molecule has 82 valence electrons. The summed E-state index contributed by atoms with van der Waals surface area (Å²) in [6, 6.07) is 0. The normalized spacial score (nSPS) is 17.9. The van der Waals surface area contributed by atoms with Gasteiger partial charge in [-0.25, -0.2) is 10.1 Å². The molecule has 15 heavy (non-hydrogen) atoms. The first kappa shape index (κ1) is 10.4. The molecule has 0 amide bonds. The quantitative estimate of drug-likeness (QED) is 0.317. The van der Waals surface area contributed by atoms with Crippen LogP contribution in [0.5, 0.6) is 0 Å². The number of hydrogen-bond donors (Lipinski definition) is 1. The smallest absolute Gasteiger partial charge is 0.369 e. The Morgan fingerprint density at radius 3 is 2.00 bits per heavy atom. The molecule has 1 aliphatic heterocycles. The third kappa shape index (κ3) is 1.06. The molecule has 0 unspecified atom stereocenters. The molecule has 1 aliphatic rings. The summed E-state index contributed by atoms with van der Waals surface area (Å²) < 4.78 is 0. The van der Waals surface area contributed by atoms with E-state index in [0.717, 1.165) is 0 Å². The van der Waals surface area contributed by atoms with Crippen molar-refractivity contribution in [2.24, 2.45) is 10.9 Å². The van der Waals surface area contributed by atoms with Crippen LogP contribution in [-0.2, 0) is 4.94 Å². The lowest BCUT2D eigenvalue weighted by atomic mass is 10.3. The molecule has 0 aromatic rings. The maximum atomic E-state index is 10.5. The van der Waals surface area contributed by atoms with Crippen LogP contribution in [0.15, 0.2) is 5.16 Å². The lowest BCUT2D eigenvalue weighted by molar-refractivity contribution is -0.909. The summed E-state index contributed by atoms with van der Waals surface area (Å²) in [6.07, 6.45) is 0. The molecular weight excluding hydrogens is 220 g/mol. The number of hydroxylamine groups is 1. The molecule has 2 N–H and O–H groups in total. The van der Waals surface area contributed by atoms with Crippen molar-refractivity contribution < 1.29 is 19.8 Å². The number of nitro groups is 3. The standard InChI is InChI=1S/C2H2N6O7/c3-1-2(6(9)10,7(11)12)5(8(13)14)15-4-1/h(H2,3,4). The number of nitrogens with zero attached hydrogens (tertiary/aromatic N) is 5. The molecule has 0 fully saturated rings. The van der Waals surface area contributed by atoms with Crippen LogP contribution in [0, 0.1) is 30.3 Å². The van der Waals surface area contributed by atoms with Crippen LogP contribution in [0.4, 0.5) is 0 Å². The van der Waals surface area contributed by atoms with Crippen molar-refractivity contribution >= 4 is 5.84 Å². The van der Waals surface area contributed by atoms with Gasteiger partial charge in [-0.3, -0.25) is 20.2 Å². The number of hydrogen-bond acceptors (Lipinski definition) is 9. The zero-order valence-electron chi connectivity index (χ0n) is 6.67. The Bertz CT molecular complexity index is 360. The molecule has 0 atom stereocenters. The van der Waals surface area contributed by atoms with Gasteiger partial charge in [0.05, 0.1) is 0 Å². The van der Waals surface area contributed by atoms with Crippen molar-refractivity contribution in [1.82, 2.24) is 5.17 Å². The summed E-state index contributed by atoms with van der Waals surface area (Å²) in [5.41, 5.74) is 4.84. The molecule has 0 saturated carbocycles. The molecule has 0 aliphatic carbocycles. The second-order valence-corrected chi connectivity index (χ2v) is 2.22. The van der Waals surface area contributed by atoms with Crippen molar-refractivity contribution in [3.63, 3.8) is 0 Å². The predicted molar refractivity (Wildman–Crippen MR) is 38.3 cm³/mol. The molecule has 0 radical (unpaired) electrons. The van der Waals surface area contributed by atoms with E-state index in [0.29, 0.717) is 0 Å². The Labute approximate surface area is 79.0 Å². The van der Waals surface area contributed by atoms with Gasteiger partial charge in [-0.05, 0) is 5.16 Å². The lowest BCUT2D eigenvalue weighted by Crippen LogP contribution is -2.65. The van der Waals surface area contributed by atoms with Crippen LogP contribution in [-0.4, -0.2) is 31.7 Å². The topological polar surface area (TPSA) is 180 Å². The Balaban J connectivity index is 3.35. The fourth-order valence-corrected chi connectivity index (χ4v) is 0.836. The molecule has 0 aromatic heterocycles. The lowest BCUT2D eigenvalue weighted by Gasteiger charge is -2.10. The average molecular weight is 222 g/mol. The van der Waals surface area contributed by atoms with Crippen LogP contribution in [0.25, 0.3) is 0 Å². The third-order valence-corrected chi connectivity index (χ3v) is 1.48. The Hall–Kier alpha value is -2.73. The van der Waals surface area contributed by atoms with Crippen molar-refractivity contribution in [2.75, 3.05) is 0 Å². The highest BCUT2D eigenvalue weighted by Gasteiger charge is 2.79. The van der Waals surface area contributed by atoms with Gasteiger partial charge in [0.1, 0.15) is 9.85 Å². The predicted octanol–water partition coefficient (Wildman–Crippen LogP) is -2.10. The monoisotopic (exact) mass is 222 g/mol. The van der Waals surface area contributed by atoms with Gasteiger partial charge >= 0.3 is 11.6 Å². The fraction of sp³-hybridized carbons (Fsp3) is 0.500. The SMILES string of the molecule is NC1=NON([N+](=O)[O-])C1([N+](=O)[O-])[N+](=O)[O-]. The van der Waals surface area contributed by atoms with Crippen molar-refractivity contribution in [3.05, 3.63) is 30.3 Å². The van der Waals surface area contributed by atoms with Crippen molar-refractivity contribution in [1.29, 1.82) is 0 Å². The Morgan fingerprint density at radius 2 is 1.73 bits per heavy atom. The highest BCUT2D eigenvalue weighted by Crippen LogP contribution is 2.24. The highest BCUT2D eigenvalue weighted by atomic mass is 16.9. The molecule has 1 rings (SSSR count). The number of rotatable bonds is 3. The maximum Gasteiger partial charge on any atom is 0.689 e. The summed E-state index contributed by atoms with van der Waals surface area (Å²) in [5.74, 6) is -4.77. The van der Waals surface area contributed by atoms with Crippen LogP contribution in [0.2, 0.25) is 0 Å². The Morgan fingerprint density at radius 1 is 1.27 bits per heavy atom. The minimum absolute atomic E-state index is 0.748. The largest absolute Gasteiger partial charge is 0.689 e. The summed E-state index contributed by atoms with van der Waals surface area (Å²) in [4.78, 5) is 31.8. The highest BCUT2D eigenvalue weighted by molar-refractivity contribution is 5.86. The third-order valence-electron chi connectivity index (χ3n) is 1.48. The first-order valence-electron chi connectivity index (χ1n) is 3.09. The minimum Gasteiger partial charge on any atom is -0.369 e. The molecular formula is C2H2N6O7. The number of oxime groups is 1. The van der Waals surface area contributed by atoms with Crippen LogP contribution < -0.4 is 5.73 Å². The summed E-state index contributed by atoms with van der Waals surface area (Å²) in [6.45, 7) is 0. The molecule has 0 saturated heterocycles. The Kier molecular flexibility index (Phi) is 2.00. The van der Waals surface area contributed by atoms with Gasteiger partial charge in [0.2, 0.25) is 10.2 Å². The van der Waals surface area contributed by atoms with E-state index in [-0.39, 0.29) is 0 Å². The fourth-order valence-electron chi connectivity index (χ4n) is 0.836. The zero-order chi connectivity index (χ0) is 11.8.